The smallest absolute Gasteiger partial charge is 0.293 e. The average Bonchev–Trinajstić information content (AvgIpc) is 3.07. The molecule has 0 aliphatic carbocycles. The number of amides is 1. The molecular weight excluding hydrogens is 388 g/mol. The fourth-order valence-corrected chi connectivity index (χ4v) is 3.71. The van der Waals surface area contributed by atoms with Gasteiger partial charge in [-0.2, -0.15) is 0 Å². The Labute approximate surface area is 161 Å². The lowest BCUT2D eigenvalue weighted by Crippen LogP contribution is -2.44. The molecule has 1 fully saturated rings. The van der Waals surface area contributed by atoms with E-state index in [1.807, 2.05) is 0 Å². The second-order valence-electron chi connectivity index (χ2n) is 6.60. The molecule has 1 aliphatic heterocycles. The number of primary sulfonamides is 1. The van der Waals surface area contributed by atoms with Crippen LogP contribution in [0.5, 0.6) is 0 Å². The molecule has 0 unspecified atom stereocenters. The first-order chi connectivity index (χ1) is 13.1. The zero-order chi connectivity index (χ0) is 20.5. The van der Waals surface area contributed by atoms with Crippen LogP contribution in [0.2, 0.25) is 0 Å². The first kappa shape index (κ1) is 19.8. The second-order valence-corrected chi connectivity index (χ2v) is 8.16. The number of rotatable bonds is 5. The normalized spacial score (nSPS) is 15.4. The first-order valence-electron chi connectivity index (χ1n) is 8.58. The van der Waals surface area contributed by atoms with Gasteiger partial charge in [-0.3, -0.25) is 14.9 Å². The van der Waals surface area contributed by atoms with Crippen LogP contribution in [0.4, 0.5) is 11.4 Å². The molecular formula is C17H20N4O6S. The number of sulfonamides is 1. The predicted octanol–water partition coefficient (Wildman–Crippen LogP) is 1.54. The quantitative estimate of drug-likeness (QED) is 0.563. The van der Waals surface area contributed by atoms with Crippen molar-refractivity contribution in [1.82, 2.24) is 5.32 Å². The summed E-state index contributed by atoms with van der Waals surface area (Å²) < 4.78 is 28.2. The van der Waals surface area contributed by atoms with Gasteiger partial charge in [0.2, 0.25) is 10.0 Å². The zero-order valence-electron chi connectivity index (χ0n) is 15.1. The number of hydrogen-bond donors (Lipinski definition) is 2. The fourth-order valence-electron chi connectivity index (χ4n) is 3.17. The molecule has 1 aromatic carbocycles. The van der Waals surface area contributed by atoms with Crippen LogP contribution in [0, 0.1) is 17.0 Å². The number of aryl methyl sites for hydroxylation is 1. The third-order valence-electron chi connectivity index (χ3n) is 4.61. The van der Waals surface area contributed by atoms with Crippen molar-refractivity contribution in [3.8, 4) is 0 Å². The Balaban J connectivity index is 1.69. The number of benzene rings is 1. The summed E-state index contributed by atoms with van der Waals surface area (Å²) in [7, 11) is -4.03. The van der Waals surface area contributed by atoms with Crippen molar-refractivity contribution in [3.63, 3.8) is 0 Å². The molecule has 0 spiro atoms. The summed E-state index contributed by atoms with van der Waals surface area (Å²) in [4.78, 5) is 24.4. The molecule has 2 heterocycles. The average molecular weight is 408 g/mol. The van der Waals surface area contributed by atoms with E-state index < -0.39 is 14.9 Å². The zero-order valence-corrected chi connectivity index (χ0v) is 15.9. The second kappa shape index (κ2) is 7.60. The molecule has 11 heteroatoms. The summed E-state index contributed by atoms with van der Waals surface area (Å²) in [5, 5.41) is 19.3. The number of nitro benzene ring substituents is 1. The number of furan rings is 1. The Hall–Kier alpha value is -2.92. The number of nitrogens with zero attached hydrogens (tertiary/aromatic N) is 2. The summed E-state index contributed by atoms with van der Waals surface area (Å²) in [6.07, 6.45) is 1.17. The van der Waals surface area contributed by atoms with Crippen molar-refractivity contribution in [2.24, 2.45) is 5.14 Å². The number of carbonyl (C=O) groups is 1. The number of piperidine rings is 1. The Bertz CT molecular complexity index is 1010. The molecule has 3 rings (SSSR count). The van der Waals surface area contributed by atoms with E-state index in [1.54, 1.807) is 24.0 Å². The number of anilines is 1. The number of carbonyl (C=O) groups excluding carboxylic acids is 1. The summed E-state index contributed by atoms with van der Waals surface area (Å²) in [5.74, 6) is 0.597. The van der Waals surface area contributed by atoms with Crippen LogP contribution in [0.25, 0.3) is 0 Å². The van der Waals surface area contributed by atoms with Crippen LogP contribution in [-0.4, -0.2) is 38.4 Å². The van der Waals surface area contributed by atoms with Crippen molar-refractivity contribution in [2.75, 3.05) is 18.0 Å². The number of hydrogen-bond acceptors (Lipinski definition) is 7. The molecule has 0 saturated carbocycles. The van der Waals surface area contributed by atoms with E-state index in [4.69, 9.17) is 9.56 Å². The number of nitrogens with two attached hydrogens (primary N) is 1. The molecule has 10 nitrogen and oxygen atoms in total. The highest BCUT2D eigenvalue weighted by Gasteiger charge is 2.27. The summed E-state index contributed by atoms with van der Waals surface area (Å²) in [6.45, 7) is 2.69. The van der Waals surface area contributed by atoms with Gasteiger partial charge in [0.1, 0.15) is 11.4 Å². The molecule has 1 saturated heterocycles. The Morgan fingerprint density at radius 2 is 1.96 bits per heavy atom. The lowest BCUT2D eigenvalue weighted by molar-refractivity contribution is -0.384. The summed E-state index contributed by atoms with van der Waals surface area (Å²) in [6, 6.07) is 6.85. The van der Waals surface area contributed by atoms with Crippen LogP contribution in [0.15, 0.2) is 39.6 Å². The van der Waals surface area contributed by atoms with E-state index in [1.165, 1.54) is 12.1 Å². The fraction of sp³-hybridized carbons (Fsp3) is 0.353. The van der Waals surface area contributed by atoms with Gasteiger partial charge in [0, 0.05) is 25.2 Å². The lowest BCUT2D eigenvalue weighted by Gasteiger charge is -2.33. The maximum atomic E-state index is 12.2. The highest BCUT2D eigenvalue weighted by atomic mass is 32.2. The minimum atomic E-state index is -4.03. The number of nitrogens with one attached hydrogen (secondary N) is 1. The predicted molar refractivity (Wildman–Crippen MR) is 101 cm³/mol. The molecule has 1 amide bonds. The molecule has 1 aliphatic rings. The molecule has 2 aromatic rings. The van der Waals surface area contributed by atoms with E-state index in [2.05, 4.69) is 5.32 Å². The Morgan fingerprint density at radius 3 is 2.50 bits per heavy atom. The third-order valence-corrected chi connectivity index (χ3v) is 5.52. The van der Waals surface area contributed by atoms with Gasteiger partial charge >= 0.3 is 0 Å². The van der Waals surface area contributed by atoms with Gasteiger partial charge in [0.05, 0.1) is 9.82 Å². The maximum Gasteiger partial charge on any atom is 0.293 e. The van der Waals surface area contributed by atoms with Gasteiger partial charge in [-0.15, -0.1) is 0 Å². The molecule has 0 atom stereocenters. The van der Waals surface area contributed by atoms with Gasteiger partial charge < -0.3 is 14.6 Å². The summed E-state index contributed by atoms with van der Waals surface area (Å²) >= 11 is 0. The Kier molecular flexibility index (Phi) is 5.38. The standard InChI is InChI=1S/C17H20N4O6S/c1-11-2-5-16(27-11)17(22)19-12-6-8-20(9-7-12)14-4-3-13(28(18,25)26)10-15(14)21(23)24/h2-5,10,12H,6-9H2,1H3,(H,19,22)(H2,18,25,26). The van der Waals surface area contributed by atoms with Crippen LogP contribution in [-0.2, 0) is 10.0 Å². The lowest BCUT2D eigenvalue weighted by atomic mass is 10.0. The topological polar surface area (TPSA) is 149 Å². The van der Waals surface area contributed by atoms with E-state index in [0.717, 1.165) is 6.07 Å². The highest BCUT2D eigenvalue weighted by Crippen LogP contribution is 2.32. The van der Waals surface area contributed by atoms with E-state index in [9.17, 15) is 23.3 Å². The SMILES string of the molecule is Cc1ccc(C(=O)NC2CCN(c3ccc(S(N)(=O)=O)cc3[N+](=O)[O-])CC2)o1. The van der Waals surface area contributed by atoms with Gasteiger partial charge in [-0.1, -0.05) is 0 Å². The maximum absolute atomic E-state index is 12.2. The first-order valence-corrected chi connectivity index (χ1v) is 10.1. The molecule has 28 heavy (non-hydrogen) atoms. The van der Waals surface area contributed by atoms with Crippen molar-refractivity contribution < 1.29 is 22.6 Å². The van der Waals surface area contributed by atoms with Crippen LogP contribution in [0.3, 0.4) is 0 Å². The molecule has 0 bridgehead atoms. The molecule has 3 N–H and O–H groups in total. The van der Waals surface area contributed by atoms with Gasteiger partial charge in [0.15, 0.2) is 5.76 Å². The van der Waals surface area contributed by atoms with Gasteiger partial charge in [-0.25, -0.2) is 13.6 Å². The van der Waals surface area contributed by atoms with Gasteiger partial charge in [0.25, 0.3) is 11.6 Å². The molecule has 1 aromatic heterocycles. The van der Waals surface area contributed by atoms with E-state index in [0.29, 0.717) is 37.4 Å². The van der Waals surface area contributed by atoms with E-state index in [-0.39, 0.29) is 28.3 Å². The minimum absolute atomic E-state index is 0.0862. The molecule has 0 radical (unpaired) electrons. The largest absolute Gasteiger partial charge is 0.456 e. The molecule has 150 valence electrons. The number of nitro groups is 1. The monoisotopic (exact) mass is 408 g/mol. The van der Waals surface area contributed by atoms with Crippen LogP contribution < -0.4 is 15.4 Å². The van der Waals surface area contributed by atoms with E-state index >= 15 is 0 Å². The highest BCUT2D eigenvalue weighted by molar-refractivity contribution is 7.89. The van der Waals surface area contributed by atoms with Crippen molar-refractivity contribution in [1.29, 1.82) is 0 Å². The van der Waals surface area contributed by atoms with Crippen LogP contribution in [0.1, 0.15) is 29.2 Å². The van der Waals surface area contributed by atoms with Crippen LogP contribution >= 0.6 is 0 Å². The van der Waals surface area contributed by atoms with Crippen molar-refractivity contribution in [3.05, 3.63) is 52.0 Å². The Morgan fingerprint density at radius 1 is 1.29 bits per heavy atom. The summed E-state index contributed by atoms with van der Waals surface area (Å²) in [5.41, 5.74) is 0.00362. The van der Waals surface area contributed by atoms with Gasteiger partial charge in [-0.05, 0) is 44.0 Å². The third kappa shape index (κ3) is 4.31. The van der Waals surface area contributed by atoms with Crippen molar-refractivity contribution in [2.45, 2.75) is 30.7 Å². The van der Waals surface area contributed by atoms with Crippen molar-refractivity contribution >= 4 is 27.3 Å². The minimum Gasteiger partial charge on any atom is -0.456 e.